The normalized spacial score (nSPS) is 12.4. The molecule has 0 radical (unpaired) electrons. The van der Waals surface area contributed by atoms with Gasteiger partial charge in [0.15, 0.2) is 0 Å². The molecule has 3 aromatic carbocycles. The minimum atomic E-state index is -3.70. The fraction of sp³-hybridized carbons (Fsp3) is 0.269. The largest absolute Gasteiger partial charge is 0.345 e. The van der Waals surface area contributed by atoms with Crippen molar-refractivity contribution in [1.82, 2.24) is 5.32 Å². The van der Waals surface area contributed by atoms with Crippen molar-refractivity contribution < 1.29 is 13.2 Å². The van der Waals surface area contributed by atoms with E-state index in [1.165, 1.54) is 0 Å². The van der Waals surface area contributed by atoms with Crippen molar-refractivity contribution in [1.29, 1.82) is 0 Å². The molecule has 0 aromatic heterocycles. The highest BCUT2D eigenvalue weighted by Gasteiger charge is 2.19. The van der Waals surface area contributed by atoms with E-state index in [0.717, 1.165) is 17.5 Å². The SMILES string of the molecule is Cc1ccc(S(=O)(=O)Nc2ccc(C(=O)N[C@@H](CC(C)C)c3ccccc3)cc2C)cc1. The van der Waals surface area contributed by atoms with Gasteiger partial charge in [0.05, 0.1) is 16.6 Å². The lowest BCUT2D eigenvalue weighted by Gasteiger charge is -2.21. The molecule has 32 heavy (non-hydrogen) atoms. The summed E-state index contributed by atoms with van der Waals surface area (Å²) in [6.07, 6.45) is 0.823. The minimum absolute atomic E-state index is 0.0938. The molecule has 1 atom stereocenters. The van der Waals surface area contributed by atoms with E-state index in [2.05, 4.69) is 23.9 Å². The third-order valence-corrected chi connectivity index (χ3v) is 6.66. The molecule has 3 rings (SSSR count). The van der Waals surface area contributed by atoms with Gasteiger partial charge in [0.2, 0.25) is 0 Å². The maximum Gasteiger partial charge on any atom is 0.261 e. The molecule has 0 saturated carbocycles. The van der Waals surface area contributed by atoms with Gasteiger partial charge >= 0.3 is 0 Å². The lowest BCUT2D eigenvalue weighted by molar-refractivity contribution is 0.0932. The van der Waals surface area contributed by atoms with Crippen LogP contribution in [0.1, 0.15) is 53.4 Å². The number of nitrogens with one attached hydrogen (secondary N) is 2. The molecule has 5 nitrogen and oxygen atoms in total. The third kappa shape index (κ3) is 5.98. The van der Waals surface area contributed by atoms with E-state index in [0.29, 0.717) is 22.7 Å². The van der Waals surface area contributed by atoms with Crippen LogP contribution in [0.15, 0.2) is 77.7 Å². The van der Waals surface area contributed by atoms with Gasteiger partial charge in [-0.2, -0.15) is 0 Å². The maximum absolute atomic E-state index is 13.0. The first-order valence-corrected chi connectivity index (χ1v) is 12.2. The first-order valence-electron chi connectivity index (χ1n) is 10.7. The molecular weight excluding hydrogens is 420 g/mol. The van der Waals surface area contributed by atoms with E-state index in [1.807, 2.05) is 37.3 Å². The number of amides is 1. The highest BCUT2D eigenvalue weighted by molar-refractivity contribution is 7.92. The molecule has 0 unspecified atom stereocenters. The molecule has 1 amide bonds. The lowest BCUT2D eigenvalue weighted by Crippen LogP contribution is -2.29. The van der Waals surface area contributed by atoms with Crippen LogP contribution in [-0.2, 0) is 10.0 Å². The van der Waals surface area contributed by atoms with Crippen molar-refractivity contribution in [2.75, 3.05) is 4.72 Å². The molecule has 168 valence electrons. The van der Waals surface area contributed by atoms with Crippen LogP contribution in [0.2, 0.25) is 0 Å². The van der Waals surface area contributed by atoms with Gasteiger partial charge in [0.25, 0.3) is 15.9 Å². The topological polar surface area (TPSA) is 75.3 Å². The predicted octanol–water partition coefficient (Wildman–Crippen LogP) is 5.62. The molecule has 3 aromatic rings. The Morgan fingerprint density at radius 3 is 2.16 bits per heavy atom. The summed E-state index contributed by atoms with van der Waals surface area (Å²) in [4.78, 5) is 13.2. The van der Waals surface area contributed by atoms with E-state index in [-0.39, 0.29) is 16.8 Å². The van der Waals surface area contributed by atoms with E-state index in [1.54, 1.807) is 49.4 Å². The summed E-state index contributed by atoms with van der Waals surface area (Å²) in [6.45, 7) is 7.94. The number of rotatable bonds is 8. The summed E-state index contributed by atoms with van der Waals surface area (Å²) in [6, 6.07) is 21.5. The molecule has 0 saturated heterocycles. The van der Waals surface area contributed by atoms with Gasteiger partial charge in [-0.25, -0.2) is 8.42 Å². The van der Waals surface area contributed by atoms with Crippen LogP contribution in [0.3, 0.4) is 0 Å². The molecule has 0 aliphatic rings. The Morgan fingerprint density at radius 2 is 1.56 bits per heavy atom. The second-order valence-corrected chi connectivity index (χ2v) is 10.2. The van der Waals surface area contributed by atoms with Gasteiger partial charge in [-0.05, 0) is 67.6 Å². The van der Waals surface area contributed by atoms with Crippen molar-refractivity contribution in [2.24, 2.45) is 5.92 Å². The van der Waals surface area contributed by atoms with Gasteiger partial charge in [0, 0.05) is 5.56 Å². The Bertz CT molecular complexity index is 1170. The van der Waals surface area contributed by atoms with Crippen molar-refractivity contribution in [3.05, 3.63) is 95.1 Å². The first-order chi connectivity index (χ1) is 15.2. The Morgan fingerprint density at radius 1 is 0.906 bits per heavy atom. The highest BCUT2D eigenvalue weighted by atomic mass is 32.2. The summed E-state index contributed by atoms with van der Waals surface area (Å²) in [7, 11) is -3.70. The average Bonchev–Trinajstić information content (AvgIpc) is 2.75. The van der Waals surface area contributed by atoms with Crippen molar-refractivity contribution in [3.63, 3.8) is 0 Å². The van der Waals surface area contributed by atoms with Gasteiger partial charge < -0.3 is 5.32 Å². The van der Waals surface area contributed by atoms with Crippen LogP contribution in [-0.4, -0.2) is 14.3 Å². The standard InChI is InChI=1S/C26H30N2O3S/c1-18(2)16-25(21-8-6-5-7-9-21)27-26(29)22-12-15-24(20(4)17-22)28-32(30,31)23-13-10-19(3)11-14-23/h5-15,17-18,25,28H,16H2,1-4H3,(H,27,29)/t25-/m0/s1. The summed E-state index contributed by atoms with van der Waals surface area (Å²) in [5, 5.41) is 3.13. The smallest absolute Gasteiger partial charge is 0.261 e. The van der Waals surface area contributed by atoms with Crippen molar-refractivity contribution >= 4 is 21.6 Å². The summed E-state index contributed by atoms with van der Waals surface area (Å²) >= 11 is 0. The van der Waals surface area contributed by atoms with Crippen LogP contribution in [0, 0.1) is 19.8 Å². The van der Waals surface area contributed by atoms with Crippen molar-refractivity contribution in [2.45, 2.75) is 45.1 Å². The van der Waals surface area contributed by atoms with Gasteiger partial charge in [-0.3, -0.25) is 9.52 Å². The van der Waals surface area contributed by atoms with E-state index >= 15 is 0 Å². The summed E-state index contributed by atoms with van der Waals surface area (Å²) in [5.41, 5.74) is 3.67. The molecule has 0 aliphatic carbocycles. The van der Waals surface area contributed by atoms with Crippen LogP contribution >= 0.6 is 0 Å². The van der Waals surface area contributed by atoms with Crippen LogP contribution in [0.25, 0.3) is 0 Å². The van der Waals surface area contributed by atoms with Gasteiger partial charge in [-0.1, -0.05) is 61.9 Å². The van der Waals surface area contributed by atoms with Gasteiger partial charge in [0.1, 0.15) is 0 Å². The number of anilines is 1. The molecule has 6 heteroatoms. The molecular formula is C26H30N2O3S. The van der Waals surface area contributed by atoms with Crippen LogP contribution in [0.5, 0.6) is 0 Å². The lowest BCUT2D eigenvalue weighted by atomic mass is 9.96. The number of carbonyl (C=O) groups excluding carboxylic acids is 1. The molecule has 0 aliphatic heterocycles. The number of hydrogen-bond acceptors (Lipinski definition) is 3. The second-order valence-electron chi connectivity index (χ2n) is 8.51. The fourth-order valence-corrected chi connectivity index (χ4v) is 4.65. The molecule has 2 N–H and O–H groups in total. The number of benzene rings is 3. The predicted molar refractivity (Wildman–Crippen MR) is 129 cm³/mol. The monoisotopic (exact) mass is 450 g/mol. The molecule has 0 fully saturated rings. The Balaban J connectivity index is 1.77. The van der Waals surface area contributed by atoms with Crippen LogP contribution in [0.4, 0.5) is 5.69 Å². The molecule has 0 spiro atoms. The number of sulfonamides is 1. The van der Waals surface area contributed by atoms with Crippen molar-refractivity contribution in [3.8, 4) is 0 Å². The Labute approximate surface area is 190 Å². The first kappa shape index (κ1) is 23.5. The third-order valence-electron chi connectivity index (χ3n) is 5.28. The van der Waals surface area contributed by atoms with Gasteiger partial charge in [-0.15, -0.1) is 0 Å². The zero-order chi connectivity index (χ0) is 23.3. The van der Waals surface area contributed by atoms with E-state index < -0.39 is 10.0 Å². The minimum Gasteiger partial charge on any atom is -0.345 e. The quantitative estimate of drug-likeness (QED) is 0.468. The zero-order valence-electron chi connectivity index (χ0n) is 18.9. The number of aryl methyl sites for hydroxylation is 2. The zero-order valence-corrected chi connectivity index (χ0v) is 19.7. The summed E-state index contributed by atoms with van der Waals surface area (Å²) in [5.74, 6) is 0.233. The summed E-state index contributed by atoms with van der Waals surface area (Å²) < 4.78 is 28.0. The van der Waals surface area contributed by atoms with E-state index in [9.17, 15) is 13.2 Å². The Kier molecular flexibility index (Phi) is 7.36. The van der Waals surface area contributed by atoms with Crippen LogP contribution < -0.4 is 10.0 Å². The maximum atomic E-state index is 13.0. The average molecular weight is 451 g/mol. The fourth-order valence-electron chi connectivity index (χ4n) is 3.52. The second kappa shape index (κ2) is 10.0. The molecule has 0 bridgehead atoms. The molecule has 0 heterocycles. The number of hydrogen-bond donors (Lipinski definition) is 2. The number of carbonyl (C=O) groups is 1. The van der Waals surface area contributed by atoms with E-state index in [4.69, 9.17) is 0 Å². The highest BCUT2D eigenvalue weighted by Crippen LogP contribution is 2.24. The Hall–Kier alpha value is -3.12.